The summed E-state index contributed by atoms with van der Waals surface area (Å²) in [6, 6.07) is 10.6. The van der Waals surface area contributed by atoms with Crippen LogP contribution < -0.4 is 0 Å². The molecule has 154 valence electrons. The van der Waals surface area contributed by atoms with Crippen molar-refractivity contribution in [2.75, 3.05) is 0 Å². The molecule has 1 nitrogen and oxygen atoms in total. The van der Waals surface area contributed by atoms with Gasteiger partial charge in [-0.1, -0.05) is 128 Å². The van der Waals surface area contributed by atoms with Crippen LogP contribution in [0.25, 0.3) is 0 Å². The van der Waals surface area contributed by atoms with Crippen molar-refractivity contribution in [3.63, 3.8) is 0 Å². The van der Waals surface area contributed by atoms with E-state index in [-0.39, 0.29) is 5.41 Å². The molecular formula is C26H44O. The molecule has 27 heavy (non-hydrogen) atoms. The van der Waals surface area contributed by atoms with Gasteiger partial charge in [0.15, 0.2) is 0 Å². The molecule has 0 aliphatic rings. The van der Waals surface area contributed by atoms with E-state index in [2.05, 4.69) is 51.1 Å². The molecule has 0 bridgehead atoms. The van der Waals surface area contributed by atoms with Gasteiger partial charge in [-0.25, -0.2) is 0 Å². The van der Waals surface area contributed by atoms with Crippen molar-refractivity contribution in [1.82, 2.24) is 0 Å². The predicted molar refractivity (Wildman–Crippen MR) is 119 cm³/mol. The molecule has 0 fully saturated rings. The van der Waals surface area contributed by atoms with E-state index in [0.717, 1.165) is 12.8 Å². The number of benzene rings is 1. The third-order valence-electron chi connectivity index (χ3n) is 6.09. The third-order valence-corrected chi connectivity index (χ3v) is 6.09. The summed E-state index contributed by atoms with van der Waals surface area (Å²) in [7, 11) is 0. The third kappa shape index (κ3) is 11.4. The van der Waals surface area contributed by atoms with Gasteiger partial charge in [0.05, 0.1) is 0 Å². The molecule has 0 heterocycles. The minimum Gasteiger partial charge on any atom is -0.303 e. The van der Waals surface area contributed by atoms with E-state index in [0.29, 0.717) is 5.92 Å². The Balaban J connectivity index is 2.14. The van der Waals surface area contributed by atoms with E-state index < -0.39 is 0 Å². The summed E-state index contributed by atoms with van der Waals surface area (Å²) >= 11 is 0. The highest BCUT2D eigenvalue weighted by molar-refractivity contribution is 5.58. The van der Waals surface area contributed by atoms with Crippen molar-refractivity contribution < 1.29 is 4.79 Å². The van der Waals surface area contributed by atoms with Crippen LogP contribution in [0.1, 0.15) is 110 Å². The number of hydrogen-bond acceptors (Lipinski definition) is 1. The van der Waals surface area contributed by atoms with Crippen LogP contribution in [0.2, 0.25) is 0 Å². The summed E-state index contributed by atoms with van der Waals surface area (Å²) in [4.78, 5) is 11.6. The fourth-order valence-electron chi connectivity index (χ4n) is 3.96. The summed E-state index contributed by atoms with van der Waals surface area (Å²) in [6.45, 7) is 6.49. The lowest BCUT2D eigenvalue weighted by molar-refractivity contribution is -0.117. The zero-order valence-corrected chi connectivity index (χ0v) is 18.3. The van der Waals surface area contributed by atoms with Gasteiger partial charge >= 0.3 is 0 Å². The largest absolute Gasteiger partial charge is 0.303 e. The molecule has 1 atom stereocenters. The van der Waals surface area contributed by atoms with Gasteiger partial charge < -0.3 is 4.79 Å². The monoisotopic (exact) mass is 372 g/mol. The van der Waals surface area contributed by atoms with E-state index in [1.165, 1.54) is 88.9 Å². The average Bonchev–Trinajstić information content (AvgIpc) is 2.68. The van der Waals surface area contributed by atoms with Gasteiger partial charge in [0.25, 0.3) is 0 Å². The first-order chi connectivity index (χ1) is 13.1. The summed E-state index contributed by atoms with van der Waals surface area (Å²) in [5.74, 6) is 0.445. The van der Waals surface area contributed by atoms with Crippen LogP contribution in [-0.2, 0) is 11.2 Å². The molecule has 1 aromatic carbocycles. The number of aldehydes is 1. The molecule has 0 aliphatic heterocycles. The van der Waals surface area contributed by atoms with Crippen molar-refractivity contribution in [2.45, 2.75) is 111 Å². The van der Waals surface area contributed by atoms with Crippen LogP contribution in [0, 0.1) is 11.3 Å². The maximum atomic E-state index is 11.6. The molecule has 1 heteroatoms. The smallest absolute Gasteiger partial charge is 0.125 e. The van der Waals surface area contributed by atoms with Gasteiger partial charge in [-0.15, -0.1) is 0 Å². The second-order valence-electron chi connectivity index (χ2n) is 9.00. The quantitative estimate of drug-likeness (QED) is 0.199. The highest BCUT2D eigenvalue weighted by Gasteiger charge is 2.28. The van der Waals surface area contributed by atoms with Crippen molar-refractivity contribution in [2.24, 2.45) is 11.3 Å². The molecule has 0 amide bonds. The Hall–Kier alpha value is -1.11. The summed E-state index contributed by atoms with van der Waals surface area (Å²) in [5, 5.41) is 0. The van der Waals surface area contributed by atoms with E-state index in [4.69, 9.17) is 0 Å². The first-order valence-electron chi connectivity index (χ1n) is 11.6. The zero-order chi connectivity index (χ0) is 19.8. The van der Waals surface area contributed by atoms with Crippen LogP contribution in [0.3, 0.4) is 0 Å². The van der Waals surface area contributed by atoms with Gasteiger partial charge in [0.2, 0.25) is 0 Å². The van der Waals surface area contributed by atoms with Crippen molar-refractivity contribution in [3.8, 4) is 0 Å². The minimum atomic E-state index is -0.229. The molecule has 0 N–H and O–H groups in total. The highest BCUT2D eigenvalue weighted by Crippen LogP contribution is 2.32. The number of carbonyl (C=O) groups is 1. The Labute approximate surface area is 169 Å². The summed E-state index contributed by atoms with van der Waals surface area (Å²) in [5.41, 5.74) is 1.13. The number of carbonyl (C=O) groups excluding carboxylic acids is 1. The number of hydrogen-bond donors (Lipinski definition) is 0. The van der Waals surface area contributed by atoms with Gasteiger partial charge in [-0.2, -0.15) is 0 Å². The maximum Gasteiger partial charge on any atom is 0.125 e. The molecule has 0 saturated heterocycles. The Morgan fingerprint density at radius 2 is 1.26 bits per heavy atom. The maximum absolute atomic E-state index is 11.6. The van der Waals surface area contributed by atoms with Crippen LogP contribution in [0.15, 0.2) is 30.3 Å². The highest BCUT2D eigenvalue weighted by atomic mass is 16.1. The molecular weight excluding hydrogens is 328 g/mol. The molecule has 0 spiro atoms. The zero-order valence-electron chi connectivity index (χ0n) is 18.3. The minimum absolute atomic E-state index is 0.229. The molecule has 0 aromatic heterocycles. The Bertz CT molecular complexity index is 462. The lowest BCUT2D eigenvalue weighted by atomic mass is 9.74. The van der Waals surface area contributed by atoms with Crippen LogP contribution in [-0.4, -0.2) is 6.29 Å². The van der Waals surface area contributed by atoms with Gasteiger partial charge in [-0.05, 0) is 24.3 Å². The average molecular weight is 373 g/mol. The fourth-order valence-corrected chi connectivity index (χ4v) is 3.96. The van der Waals surface area contributed by atoms with Gasteiger partial charge in [0.1, 0.15) is 6.29 Å². The fraction of sp³-hybridized carbons (Fsp3) is 0.731. The summed E-state index contributed by atoms with van der Waals surface area (Å²) in [6.07, 6.45) is 20.0. The van der Waals surface area contributed by atoms with E-state index in [1.54, 1.807) is 0 Å². The second-order valence-corrected chi connectivity index (χ2v) is 9.00. The first kappa shape index (κ1) is 23.9. The molecule has 1 unspecified atom stereocenters. The van der Waals surface area contributed by atoms with Crippen molar-refractivity contribution in [1.29, 1.82) is 0 Å². The van der Waals surface area contributed by atoms with Crippen LogP contribution >= 0.6 is 0 Å². The van der Waals surface area contributed by atoms with Gasteiger partial charge in [-0.3, -0.25) is 0 Å². The number of rotatable bonds is 17. The number of unbranched alkanes of at least 4 members (excludes halogenated alkanes) is 11. The second kappa shape index (κ2) is 14.9. The molecule has 0 aliphatic carbocycles. The Morgan fingerprint density at radius 1 is 0.778 bits per heavy atom. The van der Waals surface area contributed by atoms with Crippen molar-refractivity contribution >= 4 is 6.29 Å². The van der Waals surface area contributed by atoms with Gasteiger partial charge in [0, 0.05) is 5.41 Å². The van der Waals surface area contributed by atoms with E-state index >= 15 is 0 Å². The first-order valence-corrected chi connectivity index (χ1v) is 11.6. The van der Waals surface area contributed by atoms with E-state index in [9.17, 15) is 4.79 Å². The SMILES string of the molecule is CCCCCCCCCCCCCCC(Cc1ccccc1)C(C)(C)C=O. The summed E-state index contributed by atoms with van der Waals surface area (Å²) < 4.78 is 0. The Kier molecular flexibility index (Phi) is 13.2. The lowest BCUT2D eigenvalue weighted by Crippen LogP contribution is -2.27. The molecule has 0 saturated carbocycles. The standard InChI is InChI=1S/C26H44O/c1-4-5-6-7-8-9-10-11-12-13-14-18-21-25(26(2,3)23-27)22-24-19-16-15-17-20-24/h15-17,19-20,23,25H,4-14,18,21-22H2,1-3H3. The molecule has 1 aromatic rings. The van der Waals surface area contributed by atoms with Crippen LogP contribution in [0.5, 0.6) is 0 Å². The lowest BCUT2D eigenvalue weighted by Gasteiger charge is -2.29. The topological polar surface area (TPSA) is 17.1 Å². The predicted octanol–water partition coefficient (Wildman–Crippen LogP) is 8.16. The van der Waals surface area contributed by atoms with E-state index in [1.807, 2.05) is 0 Å². The van der Waals surface area contributed by atoms with Crippen molar-refractivity contribution in [3.05, 3.63) is 35.9 Å². The Morgan fingerprint density at radius 3 is 1.74 bits per heavy atom. The molecule has 1 rings (SSSR count). The normalized spacial score (nSPS) is 12.9. The molecule has 0 radical (unpaired) electrons. The van der Waals surface area contributed by atoms with Crippen LogP contribution in [0.4, 0.5) is 0 Å².